The number of aromatic nitrogens is 3. The Hall–Kier alpha value is -4.92. The molecule has 46 heavy (non-hydrogen) atoms. The molecule has 15 heteroatoms. The molecule has 0 aliphatic carbocycles. The second-order valence-corrected chi connectivity index (χ2v) is 10.7. The number of rotatable bonds is 9. The number of anilines is 3. The van der Waals surface area contributed by atoms with Crippen LogP contribution in [0.2, 0.25) is 0 Å². The van der Waals surface area contributed by atoms with Crippen LogP contribution in [-0.2, 0) is 9.59 Å². The number of halogens is 2. The van der Waals surface area contributed by atoms with Gasteiger partial charge in [-0.2, -0.15) is 4.98 Å². The number of nitrogens with two attached hydrogens (primary N) is 1. The van der Waals surface area contributed by atoms with Gasteiger partial charge in [-0.1, -0.05) is 49.8 Å². The number of carbonyl (C=O) groups is 3. The van der Waals surface area contributed by atoms with E-state index in [2.05, 4.69) is 32.7 Å². The Labute approximate surface area is 269 Å². The van der Waals surface area contributed by atoms with Crippen molar-refractivity contribution in [1.82, 2.24) is 20.0 Å². The van der Waals surface area contributed by atoms with Gasteiger partial charge >= 0.3 is 0 Å². The average molecular weight is 658 g/mol. The Balaban J connectivity index is 0.000000406. The Bertz CT molecular complexity index is 1660. The highest BCUT2D eigenvalue weighted by Crippen LogP contribution is 2.35. The van der Waals surface area contributed by atoms with Gasteiger partial charge in [0.25, 0.3) is 11.8 Å². The second kappa shape index (κ2) is 17.0. The molecule has 0 unspecified atom stereocenters. The fourth-order valence-electron chi connectivity index (χ4n) is 4.18. The number of nitrogens with zero attached hydrogens (tertiary/aromatic N) is 4. The quantitative estimate of drug-likeness (QED) is 0.185. The number of nitrogens with one attached hydrogen (secondary N) is 2. The number of unbranched alkanes of at least 4 members (excludes halogenated alkanes) is 1. The summed E-state index contributed by atoms with van der Waals surface area (Å²) in [4.78, 5) is 45.1. The van der Waals surface area contributed by atoms with Gasteiger partial charge in [-0.3, -0.25) is 14.4 Å². The largest absolute Gasteiger partial charge is 0.497 e. The summed E-state index contributed by atoms with van der Waals surface area (Å²) in [6.07, 6.45) is 4.20. The summed E-state index contributed by atoms with van der Waals surface area (Å²) in [5, 5.41) is 8.82. The molecule has 4 N–H and O–H groups in total. The molecular formula is C31H37F2N7O5S. The molecular weight excluding hydrogens is 620 g/mol. The van der Waals surface area contributed by atoms with Crippen LogP contribution in [0.1, 0.15) is 63.7 Å². The van der Waals surface area contributed by atoms with E-state index in [4.69, 9.17) is 15.0 Å². The molecule has 1 aliphatic rings. The summed E-state index contributed by atoms with van der Waals surface area (Å²) in [5.74, 6) is -2.41. The zero-order valence-corrected chi connectivity index (χ0v) is 27.1. The van der Waals surface area contributed by atoms with E-state index in [9.17, 15) is 23.2 Å². The number of methoxy groups -OCH3 is 1. The van der Waals surface area contributed by atoms with E-state index in [1.165, 1.54) is 32.6 Å². The van der Waals surface area contributed by atoms with Crippen LogP contribution in [0.4, 0.5) is 25.4 Å². The molecule has 0 saturated carbocycles. The molecule has 1 saturated heterocycles. The smallest absolute Gasteiger partial charge is 0.272 e. The number of likely N-dealkylation sites (tertiary alicyclic amines) is 1. The lowest BCUT2D eigenvalue weighted by atomic mass is 10.1. The third kappa shape index (κ3) is 9.30. The SMILES string of the molecule is CC.CCCCN1CCCC1=O.COc1cccc(C(=O)Nc2cc(-c3noc(-c4sc(NC(C)=O)nc4N)n3)c(F)cc2F)c1. The maximum atomic E-state index is 14.5. The summed E-state index contributed by atoms with van der Waals surface area (Å²) < 4.78 is 39.2. The average Bonchev–Trinajstić information content (AvgIpc) is 3.78. The molecule has 3 amide bonds. The fraction of sp³-hybridized carbons (Fsp3) is 0.355. The van der Waals surface area contributed by atoms with E-state index < -0.39 is 17.5 Å². The van der Waals surface area contributed by atoms with Crippen molar-refractivity contribution in [3.05, 3.63) is 53.6 Å². The first-order valence-corrected chi connectivity index (χ1v) is 15.5. The molecule has 1 aliphatic heterocycles. The van der Waals surface area contributed by atoms with Crippen LogP contribution in [-0.4, -0.2) is 57.9 Å². The first-order valence-electron chi connectivity index (χ1n) is 14.7. The van der Waals surface area contributed by atoms with Gasteiger partial charge < -0.3 is 30.5 Å². The minimum Gasteiger partial charge on any atom is -0.497 e. The van der Waals surface area contributed by atoms with Crippen molar-refractivity contribution in [2.45, 2.75) is 53.4 Å². The van der Waals surface area contributed by atoms with Crippen LogP contribution in [0.15, 0.2) is 40.9 Å². The summed E-state index contributed by atoms with van der Waals surface area (Å²) in [5.41, 5.74) is 5.54. The van der Waals surface area contributed by atoms with Gasteiger partial charge in [-0.25, -0.2) is 13.8 Å². The molecule has 5 rings (SSSR count). The number of thiazole rings is 1. The molecule has 12 nitrogen and oxygen atoms in total. The minimum absolute atomic E-state index is 0.0229. The van der Waals surface area contributed by atoms with Gasteiger partial charge in [0.05, 0.1) is 18.4 Å². The van der Waals surface area contributed by atoms with Crippen molar-refractivity contribution >= 4 is 45.7 Å². The van der Waals surface area contributed by atoms with Gasteiger partial charge in [0.1, 0.15) is 28.1 Å². The standard InChI is InChI=1S/C21H16F2N6O4S.C8H15NO.C2H6/c1-9(30)25-21-27-17(24)16(34-21)20-28-18(29-33-20)12-7-15(14(23)8-13(12)22)26-19(31)10-4-3-5-11(6-10)32-2;1-2-3-6-9-7-4-5-8(9)10;1-2/h3-8H,24H2,1-2H3,(H,26,31)(H,25,27,30);2-7H2,1H3;1-2H3. The van der Waals surface area contributed by atoms with E-state index in [-0.39, 0.29) is 50.3 Å². The van der Waals surface area contributed by atoms with E-state index in [1.807, 2.05) is 18.7 Å². The predicted molar refractivity (Wildman–Crippen MR) is 172 cm³/mol. The van der Waals surface area contributed by atoms with Crippen molar-refractivity contribution < 1.29 is 32.4 Å². The van der Waals surface area contributed by atoms with Gasteiger partial charge in [0.15, 0.2) is 5.13 Å². The number of hydrogen-bond donors (Lipinski definition) is 3. The Morgan fingerprint density at radius 1 is 1.13 bits per heavy atom. The van der Waals surface area contributed by atoms with Crippen LogP contribution < -0.4 is 21.1 Å². The fourth-order valence-corrected chi connectivity index (χ4v) is 5.03. The zero-order valence-electron chi connectivity index (χ0n) is 26.3. The maximum absolute atomic E-state index is 14.5. The zero-order chi connectivity index (χ0) is 33.8. The highest BCUT2D eigenvalue weighted by molar-refractivity contribution is 7.19. The molecule has 4 aromatic rings. The summed E-state index contributed by atoms with van der Waals surface area (Å²) in [6.45, 7) is 9.44. The molecule has 0 atom stereocenters. The van der Waals surface area contributed by atoms with Gasteiger partial charge in [-0.15, -0.1) is 0 Å². The van der Waals surface area contributed by atoms with E-state index in [1.54, 1.807) is 12.1 Å². The number of carbonyl (C=O) groups excluding carboxylic acids is 3. The van der Waals surface area contributed by atoms with Gasteiger partial charge in [0, 0.05) is 38.1 Å². The van der Waals surface area contributed by atoms with Crippen LogP contribution in [0.5, 0.6) is 5.75 Å². The van der Waals surface area contributed by atoms with Crippen molar-refractivity contribution in [2.24, 2.45) is 0 Å². The van der Waals surface area contributed by atoms with Gasteiger partial charge in [0.2, 0.25) is 17.6 Å². The van der Waals surface area contributed by atoms with Crippen molar-refractivity contribution in [3.63, 3.8) is 0 Å². The maximum Gasteiger partial charge on any atom is 0.272 e. The first-order chi connectivity index (χ1) is 22.1. The molecule has 2 aromatic heterocycles. The number of amides is 3. The topological polar surface area (TPSA) is 166 Å². The highest BCUT2D eigenvalue weighted by Gasteiger charge is 2.22. The molecule has 0 bridgehead atoms. The third-order valence-corrected chi connectivity index (χ3v) is 7.36. The number of hydrogen-bond acceptors (Lipinski definition) is 10. The molecule has 246 valence electrons. The van der Waals surface area contributed by atoms with Crippen LogP contribution in [0.3, 0.4) is 0 Å². The van der Waals surface area contributed by atoms with Gasteiger partial charge in [-0.05, 0) is 37.1 Å². The van der Waals surface area contributed by atoms with Crippen LogP contribution in [0, 0.1) is 11.6 Å². The minimum atomic E-state index is -0.993. The highest BCUT2D eigenvalue weighted by atomic mass is 32.1. The Morgan fingerprint density at radius 3 is 2.54 bits per heavy atom. The number of benzene rings is 2. The lowest BCUT2D eigenvalue weighted by Crippen LogP contribution is -2.25. The molecule has 1 fully saturated rings. The monoisotopic (exact) mass is 657 g/mol. The van der Waals surface area contributed by atoms with Crippen LogP contribution in [0.25, 0.3) is 22.2 Å². The van der Waals surface area contributed by atoms with Crippen molar-refractivity contribution in [3.8, 4) is 27.9 Å². The molecule has 2 aromatic carbocycles. The van der Waals surface area contributed by atoms with Crippen molar-refractivity contribution in [1.29, 1.82) is 0 Å². The lowest BCUT2D eigenvalue weighted by Gasteiger charge is -2.13. The Morgan fingerprint density at radius 2 is 1.89 bits per heavy atom. The second-order valence-electron chi connectivity index (χ2n) is 9.67. The lowest BCUT2D eigenvalue weighted by molar-refractivity contribution is -0.127. The number of ether oxygens (including phenoxy) is 1. The normalized spacial score (nSPS) is 12.1. The van der Waals surface area contributed by atoms with Crippen LogP contribution >= 0.6 is 11.3 Å². The van der Waals surface area contributed by atoms with E-state index >= 15 is 0 Å². The first kappa shape index (κ1) is 35.6. The predicted octanol–water partition coefficient (Wildman–Crippen LogP) is 6.37. The Kier molecular flexibility index (Phi) is 13.1. The third-order valence-electron chi connectivity index (χ3n) is 6.39. The number of nitrogen functional groups attached to an aromatic ring is 1. The summed E-state index contributed by atoms with van der Waals surface area (Å²) in [7, 11) is 1.45. The summed E-state index contributed by atoms with van der Waals surface area (Å²) in [6, 6.07) is 7.89. The molecule has 3 heterocycles. The summed E-state index contributed by atoms with van der Waals surface area (Å²) >= 11 is 0.983. The van der Waals surface area contributed by atoms with Crippen molar-refractivity contribution in [2.75, 3.05) is 36.6 Å². The molecule has 0 spiro atoms. The van der Waals surface area contributed by atoms with E-state index in [0.29, 0.717) is 17.7 Å². The van der Waals surface area contributed by atoms with E-state index in [0.717, 1.165) is 49.8 Å². The molecule has 0 radical (unpaired) electrons.